The summed E-state index contributed by atoms with van der Waals surface area (Å²) in [5, 5.41) is 2.23. The second-order valence-electron chi connectivity index (χ2n) is 2.35. The van der Waals surface area contributed by atoms with Gasteiger partial charge in [-0.05, 0) is 0 Å². The van der Waals surface area contributed by atoms with Crippen molar-refractivity contribution in [1.82, 2.24) is 5.32 Å². The van der Waals surface area contributed by atoms with Gasteiger partial charge in [0.2, 0.25) is 5.91 Å². The average Bonchev–Trinajstić information content (AvgIpc) is 1.95. The van der Waals surface area contributed by atoms with Crippen LogP contribution in [0.2, 0.25) is 0 Å². The van der Waals surface area contributed by atoms with Gasteiger partial charge in [-0.2, -0.15) is 0 Å². The van der Waals surface area contributed by atoms with Crippen molar-refractivity contribution in [3.05, 3.63) is 0 Å². The molecule has 0 heterocycles. The Kier molecular flexibility index (Phi) is 4.50. The quantitative estimate of drug-likeness (QED) is 0.552. The second kappa shape index (κ2) is 4.87. The summed E-state index contributed by atoms with van der Waals surface area (Å²) in [6, 6.07) is 0. The van der Waals surface area contributed by atoms with Crippen molar-refractivity contribution in [2.24, 2.45) is 0 Å². The Bertz CT molecular complexity index is 257. The van der Waals surface area contributed by atoms with Gasteiger partial charge in [-0.3, -0.25) is 4.79 Å². The predicted molar refractivity (Wildman–Crippen MR) is 43.4 cm³/mol. The largest absolute Gasteiger partial charge is 0.349 e. The van der Waals surface area contributed by atoms with Crippen LogP contribution in [0.1, 0.15) is 6.42 Å². The number of amides is 1. The zero-order chi connectivity index (χ0) is 9.61. The van der Waals surface area contributed by atoms with Crippen LogP contribution in [0.25, 0.3) is 0 Å². The topological polar surface area (TPSA) is 80.3 Å². The highest BCUT2D eigenvalue weighted by Gasteiger charge is 2.06. The molecule has 0 rings (SSSR count). The number of sulfone groups is 1. The molecule has 0 aliphatic rings. The molecule has 0 radical (unpaired) electrons. The molecule has 5 nitrogen and oxygen atoms in total. The fraction of sp³-hybridized carbons (Fsp3) is 0.667. The molecule has 0 spiro atoms. The van der Waals surface area contributed by atoms with Crippen LogP contribution < -0.4 is 5.32 Å². The van der Waals surface area contributed by atoms with E-state index >= 15 is 0 Å². The Morgan fingerprint density at radius 2 is 2.08 bits per heavy atom. The molecule has 0 aromatic carbocycles. The van der Waals surface area contributed by atoms with Crippen LogP contribution in [-0.2, 0) is 19.4 Å². The van der Waals surface area contributed by atoms with E-state index in [1.807, 2.05) is 0 Å². The number of hydrogen-bond donors (Lipinski definition) is 1. The molecule has 6 heteroatoms. The summed E-state index contributed by atoms with van der Waals surface area (Å²) in [6.07, 6.45) is 1.50. The molecule has 0 unspecified atom stereocenters. The maximum atomic E-state index is 10.7. The molecule has 0 fully saturated rings. The van der Waals surface area contributed by atoms with Crippen molar-refractivity contribution in [3.8, 4) is 0 Å². The van der Waals surface area contributed by atoms with E-state index in [9.17, 15) is 18.0 Å². The van der Waals surface area contributed by atoms with Gasteiger partial charge in [-0.1, -0.05) is 0 Å². The van der Waals surface area contributed by atoms with Gasteiger partial charge in [0.25, 0.3) is 0 Å². The number of hydrogen-bond acceptors (Lipinski definition) is 4. The van der Waals surface area contributed by atoms with E-state index in [-0.39, 0.29) is 18.7 Å². The van der Waals surface area contributed by atoms with Crippen molar-refractivity contribution >= 4 is 22.0 Å². The average molecular weight is 193 g/mol. The number of aldehydes is 1. The molecule has 0 aliphatic carbocycles. The minimum Gasteiger partial charge on any atom is -0.349 e. The fourth-order valence-electron chi connectivity index (χ4n) is 0.522. The van der Waals surface area contributed by atoms with Gasteiger partial charge < -0.3 is 10.1 Å². The lowest BCUT2D eigenvalue weighted by Gasteiger charge is -1.98. The highest BCUT2D eigenvalue weighted by Crippen LogP contribution is 1.87. The molecule has 0 saturated carbocycles. The molecule has 0 bridgehead atoms. The van der Waals surface area contributed by atoms with Gasteiger partial charge in [0, 0.05) is 12.7 Å². The van der Waals surface area contributed by atoms with E-state index in [2.05, 4.69) is 5.32 Å². The van der Waals surface area contributed by atoms with Crippen LogP contribution >= 0.6 is 0 Å². The predicted octanol–water partition coefficient (Wildman–Crippen LogP) is -1.26. The molecule has 1 amide bonds. The van der Waals surface area contributed by atoms with Crippen molar-refractivity contribution in [2.45, 2.75) is 6.42 Å². The molecular weight excluding hydrogens is 182 g/mol. The minimum absolute atomic E-state index is 0.0669. The minimum atomic E-state index is -3.09. The maximum Gasteiger partial charge on any atom is 0.221 e. The highest BCUT2D eigenvalue weighted by molar-refractivity contribution is 7.90. The van der Waals surface area contributed by atoms with Crippen molar-refractivity contribution in [3.63, 3.8) is 0 Å². The van der Waals surface area contributed by atoms with E-state index < -0.39 is 15.7 Å². The van der Waals surface area contributed by atoms with Crippen LogP contribution in [0, 0.1) is 0 Å². The third kappa shape index (κ3) is 7.20. The Hall–Kier alpha value is -0.910. The Balaban J connectivity index is 3.65. The first-order chi connectivity index (χ1) is 5.45. The summed E-state index contributed by atoms with van der Waals surface area (Å²) in [7, 11) is -3.09. The lowest BCUT2D eigenvalue weighted by molar-refractivity contribution is -0.122. The fourth-order valence-corrected chi connectivity index (χ4v) is 1.08. The standard InChI is InChI=1S/C6H11NO4S/c1-12(10,11)5-2-6(9)7-3-4-8/h4H,2-3,5H2,1H3,(H,7,9). The SMILES string of the molecule is CS(=O)(=O)CCC(=O)NCC=O. The normalized spacial score (nSPS) is 10.8. The lowest BCUT2D eigenvalue weighted by Crippen LogP contribution is -2.26. The van der Waals surface area contributed by atoms with Gasteiger partial charge in [-0.15, -0.1) is 0 Å². The van der Waals surface area contributed by atoms with Gasteiger partial charge in [0.15, 0.2) is 0 Å². The number of nitrogens with one attached hydrogen (secondary N) is 1. The second-order valence-corrected chi connectivity index (χ2v) is 4.61. The Labute approximate surface area is 71.1 Å². The van der Waals surface area contributed by atoms with Crippen LogP contribution in [-0.4, -0.2) is 39.2 Å². The lowest BCUT2D eigenvalue weighted by atomic mass is 10.4. The summed E-state index contributed by atoms with van der Waals surface area (Å²) in [5.41, 5.74) is 0. The molecule has 0 atom stereocenters. The van der Waals surface area contributed by atoms with Crippen LogP contribution in [0.15, 0.2) is 0 Å². The summed E-state index contributed by atoms with van der Waals surface area (Å²) in [5.74, 6) is -0.606. The summed E-state index contributed by atoms with van der Waals surface area (Å²) >= 11 is 0. The summed E-state index contributed by atoms with van der Waals surface area (Å²) in [4.78, 5) is 20.5. The third-order valence-electron chi connectivity index (χ3n) is 1.08. The smallest absolute Gasteiger partial charge is 0.221 e. The molecule has 12 heavy (non-hydrogen) atoms. The first-order valence-electron chi connectivity index (χ1n) is 3.34. The number of carbonyl (C=O) groups excluding carboxylic acids is 2. The van der Waals surface area contributed by atoms with E-state index in [1.54, 1.807) is 0 Å². The van der Waals surface area contributed by atoms with Gasteiger partial charge in [-0.25, -0.2) is 8.42 Å². The van der Waals surface area contributed by atoms with Crippen LogP contribution in [0.5, 0.6) is 0 Å². The molecular formula is C6H11NO4S. The third-order valence-corrected chi connectivity index (χ3v) is 2.03. The van der Waals surface area contributed by atoms with Crippen LogP contribution in [0.4, 0.5) is 0 Å². The van der Waals surface area contributed by atoms with Gasteiger partial charge in [0.05, 0.1) is 12.3 Å². The monoisotopic (exact) mass is 193 g/mol. The highest BCUT2D eigenvalue weighted by atomic mass is 32.2. The molecule has 70 valence electrons. The van der Waals surface area contributed by atoms with Crippen LogP contribution in [0.3, 0.4) is 0 Å². The van der Waals surface area contributed by atoms with Gasteiger partial charge in [0.1, 0.15) is 16.1 Å². The van der Waals surface area contributed by atoms with E-state index in [0.29, 0.717) is 6.29 Å². The molecule has 0 saturated heterocycles. The van der Waals surface area contributed by atoms with Crippen molar-refractivity contribution in [2.75, 3.05) is 18.6 Å². The Morgan fingerprint density at radius 1 is 1.50 bits per heavy atom. The van der Waals surface area contributed by atoms with Gasteiger partial charge >= 0.3 is 0 Å². The van der Waals surface area contributed by atoms with Crippen molar-refractivity contribution < 1.29 is 18.0 Å². The molecule has 0 aliphatic heterocycles. The summed E-state index contributed by atoms with van der Waals surface area (Å²) in [6.45, 7) is -0.0669. The maximum absolute atomic E-state index is 10.7. The number of carbonyl (C=O) groups is 2. The number of rotatable bonds is 5. The van der Waals surface area contributed by atoms with E-state index in [0.717, 1.165) is 6.26 Å². The first kappa shape index (κ1) is 11.1. The van der Waals surface area contributed by atoms with E-state index in [4.69, 9.17) is 0 Å². The molecule has 0 aromatic rings. The van der Waals surface area contributed by atoms with E-state index in [1.165, 1.54) is 0 Å². The zero-order valence-corrected chi connectivity index (χ0v) is 7.56. The Morgan fingerprint density at radius 3 is 2.50 bits per heavy atom. The molecule has 0 aromatic heterocycles. The first-order valence-corrected chi connectivity index (χ1v) is 5.40. The summed E-state index contributed by atoms with van der Waals surface area (Å²) < 4.78 is 21.1. The van der Waals surface area contributed by atoms with Crippen molar-refractivity contribution in [1.29, 1.82) is 0 Å². The zero-order valence-electron chi connectivity index (χ0n) is 6.74. The molecule has 1 N–H and O–H groups in total.